The molecule has 0 saturated carbocycles. The fraction of sp³-hybridized carbons (Fsp3) is 0.250. The molecule has 0 aromatic heterocycles. The first-order chi connectivity index (χ1) is 6.33. The van der Waals surface area contributed by atoms with Crippen molar-refractivity contribution >= 4 is 12.4 Å². The Morgan fingerprint density at radius 3 is 2.85 bits per heavy atom. The molecule has 1 nitrogen and oxygen atoms in total. The van der Waals surface area contributed by atoms with E-state index in [9.17, 15) is 4.79 Å². The lowest BCUT2D eigenvalue weighted by molar-refractivity contribution is -0.109. The molecule has 0 aliphatic heterocycles. The quantitative estimate of drug-likeness (QED) is 0.595. The van der Waals surface area contributed by atoms with Gasteiger partial charge in [0.1, 0.15) is 6.29 Å². The lowest BCUT2D eigenvalue weighted by atomic mass is 9.81. The van der Waals surface area contributed by atoms with Crippen molar-refractivity contribution in [3.63, 3.8) is 0 Å². The summed E-state index contributed by atoms with van der Waals surface area (Å²) >= 11 is 0. The van der Waals surface area contributed by atoms with Gasteiger partial charge in [0.2, 0.25) is 0 Å². The number of carbonyl (C=O) groups excluding carboxylic acids is 1. The van der Waals surface area contributed by atoms with Crippen molar-refractivity contribution in [1.82, 2.24) is 0 Å². The van der Waals surface area contributed by atoms with Crippen LogP contribution >= 0.6 is 0 Å². The molecule has 1 aliphatic carbocycles. The minimum absolute atomic E-state index is 0.0428. The maximum absolute atomic E-state index is 10.9. The number of benzene rings is 1. The summed E-state index contributed by atoms with van der Waals surface area (Å²) < 4.78 is 0. The Morgan fingerprint density at radius 1 is 1.31 bits per heavy atom. The second kappa shape index (κ2) is 3.17. The molecular weight excluding hydrogens is 160 g/mol. The highest BCUT2D eigenvalue weighted by atomic mass is 16.1. The molecule has 2 atom stereocenters. The van der Waals surface area contributed by atoms with Crippen LogP contribution in [0.4, 0.5) is 0 Å². The smallest absolute Gasteiger partial charge is 0.128 e. The summed E-state index contributed by atoms with van der Waals surface area (Å²) in [4.78, 5) is 10.9. The van der Waals surface area contributed by atoms with Crippen LogP contribution in [0, 0.1) is 5.92 Å². The molecule has 0 bridgehead atoms. The van der Waals surface area contributed by atoms with E-state index >= 15 is 0 Å². The van der Waals surface area contributed by atoms with Gasteiger partial charge in [-0.25, -0.2) is 0 Å². The third-order valence-electron chi connectivity index (χ3n) is 2.65. The standard InChI is InChI=1S/C12H12O/c1-9-6-7-10-4-2-3-5-11(10)12(9)8-13/h2-9,12H,1H3. The Hall–Kier alpha value is -1.37. The second-order valence-corrected chi connectivity index (χ2v) is 3.51. The van der Waals surface area contributed by atoms with E-state index in [0.717, 1.165) is 11.8 Å². The van der Waals surface area contributed by atoms with Gasteiger partial charge >= 0.3 is 0 Å². The number of hydrogen-bond acceptors (Lipinski definition) is 1. The number of allylic oxidation sites excluding steroid dienone is 1. The molecule has 0 saturated heterocycles. The van der Waals surface area contributed by atoms with Crippen molar-refractivity contribution in [3.05, 3.63) is 41.5 Å². The highest BCUT2D eigenvalue weighted by Gasteiger charge is 2.21. The molecule has 1 heteroatoms. The van der Waals surface area contributed by atoms with Gasteiger partial charge in [-0.3, -0.25) is 0 Å². The number of aldehydes is 1. The normalized spacial score (nSPS) is 25.3. The number of carbonyl (C=O) groups is 1. The number of hydrogen-bond donors (Lipinski definition) is 0. The van der Waals surface area contributed by atoms with Crippen LogP contribution in [-0.4, -0.2) is 6.29 Å². The molecule has 66 valence electrons. The van der Waals surface area contributed by atoms with Crippen LogP contribution < -0.4 is 0 Å². The molecule has 0 amide bonds. The molecule has 0 N–H and O–H groups in total. The first kappa shape index (κ1) is 8.24. The van der Waals surface area contributed by atoms with Gasteiger partial charge in [-0.2, -0.15) is 0 Å². The predicted octanol–water partition coefficient (Wildman–Crippen LogP) is 2.63. The van der Waals surface area contributed by atoms with Crippen molar-refractivity contribution in [2.24, 2.45) is 5.92 Å². The molecule has 0 heterocycles. The Balaban J connectivity index is 2.53. The fourth-order valence-electron chi connectivity index (χ4n) is 1.82. The summed E-state index contributed by atoms with van der Waals surface area (Å²) in [5, 5.41) is 0. The van der Waals surface area contributed by atoms with Gasteiger partial charge < -0.3 is 4.79 Å². The van der Waals surface area contributed by atoms with Gasteiger partial charge in [0.05, 0.1) is 0 Å². The van der Waals surface area contributed by atoms with E-state index < -0.39 is 0 Å². The van der Waals surface area contributed by atoms with Crippen molar-refractivity contribution in [2.45, 2.75) is 12.8 Å². The molecule has 1 aromatic rings. The SMILES string of the molecule is CC1C=Cc2ccccc2C1C=O. The van der Waals surface area contributed by atoms with Crippen LogP contribution in [0.15, 0.2) is 30.3 Å². The van der Waals surface area contributed by atoms with Gasteiger partial charge in [-0.1, -0.05) is 43.3 Å². The van der Waals surface area contributed by atoms with E-state index in [2.05, 4.69) is 19.1 Å². The van der Waals surface area contributed by atoms with Crippen LogP contribution in [0.5, 0.6) is 0 Å². The van der Waals surface area contributed by atoms with Crippen LogP contribution in [0.1, 0.15) is 24.0 Å². The maximum atomic E-state index is 10.9. The fourth-order valence-corrected chi connectivity index (χ4v) is 1.82. The molecule has 1 aromatic carbocycles. The molecule has 2 unspecified atom stereocenters. The minimum atomic E-state index is 0.0428. The predicted molar refractivity (Wildman–Crippen MR) is 53.4 cm³/mol. The maximum Gasteiger partial charge on any atom is 0.128 e. The Bertz CT molecular complexity index is 352. The molecule has 1 aliphatic rings. The lowest BCUT2D eigenvalue weighted by Gasteiger charge is -2.22. The molecule has 13 heavy (non-hydrogen) atoms. The summed E-state index contributed by atoms with van der Waals surface area (Å²) in [6, 6.07) is 8.07. The Labute approximate surface area is 78.1 Å². The Kier molecular flexibility index (Phi) is 2.01. The van der Waals surface area contributed by atoms with E-state index in [4.69, 9.17) is 0 Å². The molecule has 0 fully saturated rings. The van der Waals surface area contributed by atoms with Crippen molar-refractivity contribution in [1.29, 1.82) is 0 Å². The molecule has 2 rings (SSSR count). The van der Waals surface area contributed by atoms with Crippen molar-refractivity contribution < 1.29 is 4.79 Å². The average Bonchev–Trinajstić information content (AvgIpc) is 2.18. The van der Waals surface area contributed by atoms with Crippen LogP contribution in [0.3, 0.4) is 0 Å². The monoisotopic (exact) mass is 172 g/mol. The first-order valence-corrected chi connectivity index (χ1v) is 4.55. The minimum Gasteiger partial charge on any atom is -0.303 e. The van der Waals surface area contributed by atoms with Crippen molar-refractivity contribution in [3.8, 4) is 0 Å². The summed E-state index contributed by atoms with van der Waals surface area (Å²) in [6.07, 6.45) is 5.24. The molecule has 0 spiro atoms. The lowest BCUT2D eigenvalue weighted by Crippen LogP contribution is -2.13. The number of rotatable bonds is 1. The van der Waals surface area contributed by atoms with E-state index in [1.165, 1.54) is 5.56 Å². The average molecular weight is 172 g/mol. The third kappa shape index (κ3) is 1.31. The van der Waals surface area contributed by atoms with Crippen molar-refractivity contribution in [2.75, 3.05) is 0 Å². The highest BCUT2D eigenvalue weighted by molar-refractivity contribution is 5.71. The van der Waals surface area contributed by atoms with E-state index in [0.29, 0.717) is 5.92 Å². The molecular formula is C12H12O. The van der Waals surface area contributed by atoms with Crippen LogP contribution in [0.25, 0.3) is 6.08 Å². The number of fused-ring (bicyclic) bond motifs is 1. The highest BCUT2D eigenvalue weighted by Crippen LogP contribution is 2.31. The Morgan fingerprint density at radius 2 is 2.08 bits per heavy atom. The van der Waals surface area contributed by atoms with Gasteiger partial charge in [0.15, 0.2) is 0 Å². The van der Waals surface area contributed by atoms with Gasteiger partial charge in [0, 0.05) is 5.92 Å². The zero-order chi connectivity index (χ0) is 9.26. The van der Waals surface area contributed by atoms with Gasteiger partial charge in [0.25, 0.3) is 0 Å². The van der Waals surface area contributed by atoms with Crippen LogP contribution in [0.2, 0.25) is 0 Å². The topological polar surface area (TPSA) is 17.1 Å². The molecule has 0 radical (unpaired) electrons. The third-order valence-corrected chi connectivity index (χ3v) is 2.65. The first-order valence-electron chi connectivity index (χ1n) is 4.55. The zero-order valence-electron chi connectivity index (χ0n) is 7.60. The summed E-state index contributed by atoms with van der Waals surface area (Å²) in [5.41, 5.74) is 2.34. The van der Waals surface area contributed by atoms with Crippen LogP contribution in [-0.2, 0) is 4.79 Å². The summed E-state index contributed by atoms with van der Waals surface area (Å²) in [5.74, 6) is 0.369. The zero-order valence-corrected chi connectivity index (χ0v) is 7.60. The summed E-state index contributed by atoms with van der Waals surface area (Å²) in [6.45, 7) is 2.07. The van der Waals surface area contributed by atoms with E-state index in [-0.39, 0.29) is 5.92 Å². The van der Waals surface area contributed by atoms with E-state index in [1.807, 2.05) is 24.3 Å². The second-order valence-electron chi connectivity index (χ2n) is 3.51. The van der Waals surface area contributed by atoms with Gasteiger partial charge in [-0.15, -0.1) is 0 Å². The summed E-state index contributed by atoms with van der Waals surface area (Å²) in [7, 11) is 0. The van der Waals surface area contributed by atoms with E-state index in [1.54, 1.807) is 0 Å². The largest absolute Gasteiger partial charge is 0.303 e. The van der Waals surface area contributed by atoms with Gasteiger partial charge in [-0.05, 0) is 17.0 Å².